The van der Waals surface area contributed by atoms with Crippen LogP contribution >= 0.6 is 0 Å². The van der Waals surface area contributed by atoms with Gasteiger partial charge in [-0.05, 0) is 75.5 Å². The van der Waals surface area contributed by atoms with Crippen LogP contribution in [0.4, 0.5) is 4.79 Å². The lowest BCUT2D eigenvalue weighted by Crippen LogP contribution is -2.47. The minimum absolute atomic E-state index is 0.0230. The van der Waals surface area contributed by atoms with Crippen LogP contribution in [0.2, 0.25) is 0 Å². The number of ether oxygens (including phenoxy) is 1. The van der Waals surface area contributed by atoms with Gasteiger partial charge in [-0.15, -0.1) is 0 Å². The molecule has 0 radical (unpaired) electrons. The topological polar surface area (TPSA) is 53.6 Å². The molecule has 0 bridgehead atoms. The SMILES string of the molecule is COc1ccc2c(c1)CCC[C@@H]2CNC(=O)NC1CCN(C)CC1. The molecule has 1 atom stereocenters. The molecule has 1 heterocycles. The number of carbonyl (C=O) groups is 1. The fourth-order valence-corrected chi connectivity index (χ4v) is 3.84. The second-order valence-electron chi connectivity index (χ2n) is 7.09. The number of fused-ring (bicyclic) bond motifs is 1. The molecule has 3 rings (SSSR count). The van der Waals surface area contributed by atoms with E-state index >= 15 is 0 Å². The Morgan fingerprint density at radius 1 is 1.29 bits per heavy atom. The van der Waals surface area contributed by atoms with Crippen molar-refractivity contribution in [1.82, 2.24) is 15.5 Å². The molecule has 2 N–H and O–H groups in total. The van der Waals surface area contributed by atoms with E-state index in [2.05, 4.69) is 34.7 Å². The van der Waals surface area contributed by atoms with E-state index in [1.165, 1.54) is 17.5 Å². The Labute approximate surface area is 144 Å². The zero-order valence-corrected chi connectivity index (χ0v) is 14.8. The van der Waals surface area contributed by atoms with Crippen LogP contribution in [-0.2, 0) is 6.42 Å². The second-order valence-corrected chi connectivity index (χ2v) is 7.09. The number of nitrogens with zero attached hydrogens (tertiary/aromatic N) is 1. The van der Waals surface area contributed by atoms with Crippen molar-refractivity contribution in [2.45, 2.75) is 44.1 Å². The summed E-state index contributed by atoms with van der Waals surface area (Å²) in [5.41, 5.74) is 2.73. The highest BCUT2D eigenvalue weighted by molar-refractivity contribution is 5.74. The van der Waals surface area contributed by atoms with Gasteiger partial charge in [0.25, 0.3) is 0 Å². The molecule has 0 unspecified atom stereocenters. The smallest absolute Gasteiger partial charge is 0.315 e. The van der Waals surface area contributed by atoms with Crippen molar-refractivity contribution in [3.8, 4) is 5.75 Å². The van der Waals surface area contributed by atoms with Crippen LogP contribution in [0.25, 0.3) is 0 Å². The largest absolute Gasteiger partial charge is 0.497 e. The van der Waals surface area contributed by atoms with Gasteiger partial charge < -0.3 is 20.3 Å². The average Bonchev–Trinajstić information content (AvgIpc) is 2.61. The number of likely N-dealkylation sites (tertiary alicyclic amines) is 1. The number of rotatable bonds is 4. The Kier molecular flexibility index (Phi) is 5.61. The third-order valence-corrected chi connectivity index (χ3v) is 5.35. The second kappa shape index (κ2) is 7.88. The van der Waals surface area contributed by atoms with Crippen molar-refractivity contribution in [1.29, 1.82) is 0 Å². The van der Waals surface area contributed by atoms with E-state index < -0.39 is 0 Å². The van der Waals surface area contributed by atoms with Gasteiger partial charge in [-0.2, -0.15) is 0 Å². The van der Waals surface area contributed by atoms with Crippen LogP contribution < -0.4 is 15.4 Å². The predicted molar refractivity (Wildman–Crippen MR) is 95.7 cm³/mol. The molecule has 1 fully saturated rings. The number of amides is 2. The first kappa shape index (κ1) is 17.1. The molecule has 5 nitrogen and oxygen atoms in total. The van der Waals surface area contributed by atoms with E-state index in [9.17, 15) is 4.79 Å². The zero-order valence-electron chi connectivity index (χ0n) is 14.8. The number of methoxy groups -OCH3 is 1. The molecule has 0 aromatic heterocycles. The van der Waals surface area contributed by atoms with Crippen LogP contribution in [0, 0.1) is 0 Å². The summed E-state index contributed by atoms with van der Waals surface area (Å²) in [5, 5.41) is 6.21. The number of urea groups is 1. The Balaban J connectivity index is 1.51. The molecule has 0 spiro atoms. The summed E-state index contributed by atoms with van der Waals surface area (Å²) in [6, 6.07) is 6.61. The maximum atomic E-state index is 12.2. The first-order valence-corrected chi connectivity index (χ1v) is 9.05. The van der Waals surface area contributed by atoms with Crippen LogP contribution in [0.3, 0.4) is 0 Å². The van der Waals surface area contributed by atoms with Gasteiger partial charge in [-0.1, -0.05) is 6.07 Å². The number of benzene rings is 1. The molecule has 1 aliphatic carbocycles. The van der Waals surface area contributed by atoms with E-state index in [0.29, 0.717) is 18.5 Å². The lowest BCUT2D eigenvalue weighted by molar-refractivity contribution is 0.213. The summed E-state index contributed by atoms with van der Waals surface area (Å²) >= 11 is 0. The standard InChI is InChI=1S/C19H29N3O2/c1-22-10-8-16(9-11-22)21-19(23)20-13-15-5-3-4-14-12-17(24-2)6-7-18(14)15/h6-7,12,15-16H,3-5,8-11,13H2,1-2H3,(H2,20,21,23)/t15-/m1/s1. The van der Waals surface area contributed by atoms with Gasteiger partial charge >= 0.3 is 6.03 Å². The van der Waals surface area contributed by atoms with E-state index in [4.69, 9.17) is 4.74 Å². The third-order valence-electron chi connectivity index (χ3n) is 5.35. The fraction of sp³-hybridized carbons (Fsp3) is 0.632. The molecule has 2 aliphatic rings. The Morgan fingerprint density at radius 2 is 2.08 bits per heavy atom. The van der Waals surface area contributed by atoms with Crippen molar-refractivity contribution in [2.24, 2.45) is 0 Å². The average molecular weight is 331 g/mol. The Bertz CT molecular complexity index is 568. The van der Waals surface area contributed by atoms with Gasteiger partial charge in [-0.3, -0.25) is 0 Å². The number of nitrogens with one attached hydrogen (secondary N) is 2. The zero-order chi connectivity index (χ0) is 16.9. The summed E-state index contributed by atoms with van der Waals surface area (Å²) in [4.78, 5) is 14.5. The summed E-state index contributed by atoms with van der Waals surface area (Å²) in [6.07, 6.45) is 5.48. The number of piperidine rings is 1. The van der Waals surface area contributed by atoms with Gasteiger partial charge in [0, 0.05) is 18.5 Å². The molecule has 1 saturated heterocycles. The van der Waals surface area contributed by atoms with Gasteiger partial charge in [-0.25, -0.2) is 4.79 Å². The highest BCUT2D eigenvalue weighted by atomic mass is 16.5. The summed E-state index contributed by atoms with van der Waals surface area (Å²) < 4.78 is 5.32. The van der Waals surface area contributed by atoms with Crippen LogP contribution in [0.1, 0.15) is 42.7 Å². The van der Waals surface area contributed by atoms with E-state index in [0.717, 1.165) is 44.5 Å². The lowest BCUT2D eigenvalue weighted by atomic mass is 9.82. The van der Waals surface area contributed by atoms with Crippen molar-refractivity contribution < 1.29 is 9.53 Å². The van der Waals surface area contributed by atoms with E-state index in [1.54, 1.807) is 7.11 Å². The normalized spacial score (nSPS) is 21.8. The van der Waals surface area contributed by atoms with Gasteiger partial charge in [0.15, 0.2) is 0 Å². The van der Waals surface area contributed by atoms with Crippen LogP contribution in [0.5, 0.6) is 5.75 Å². The molecule has 24 heavy (non-hydrogen) atoms. The fourth-order valence-electron chi connectivity index (χ4n) is 3.84. The van der Waals surface area contributed by atoms with Crippen molar-refractivity contribution in [3.63, 3.8) is 0 Å². The maximum absolute atomic E-state index is 12.2. The maximum Gasteiger partial charge on any atom is 0.315 e. The third kappa shape index (κ3) is 4.20. The molecular weight excluding hydrogens is 302 g/mol. The Hall–Kier alpha value is -1.75. The molecular formula is C19H29N3O2. The number of hydrogen-bond acceptors (Lipinski definition) is 3. The van der Waals surface area contributed by atoms with Crippen molar-refractivity contribution in [3.05, 3.63) is 29.3 Å². The number of aryl methyl sites for hydroxylation is 1. The quantitative estimate of drug-likeness (QED) is 0.891. The number of hydrogen-bond donors (Lipinski definition) is 2. The molecule has 5 heteroatoms. The molecule has 1 aromatic carbocycles. The van der Waals surface area contributed by atoms with Gasteiger partial charge in [0.2, 0.25) is 0 Å². The minimum atomic E-state index is -0.0230. The first-order chi connectivity index (χ1) is 11.7. The summed E-state index contributed by atoms with van der Waals surface area (Å²) in [5.74, 6) is 1.32. The number of carbonyl (C=O) groups excluding carboxylic acids is 1. The molecule has 1 aliphatic heterocycles. The van der Waals surface area contributed by atoms with Gasteiger partial charge in [0.05, 0.1) is 7.11 Å². The predicted octanol–water partition coefficient (Wildman–Crippen LogP) is 2.51. The van der Waals surface area contributed by atoms with Gasteiger partial charge in [0.1, 0.15) is 5.75 Å². The summed E-state index contributed by atoms with van der Waals surface area (Å²) in [7, 11) is 3.84. The Morgan fingerprint density at radius 3 is 2.83 bits per heavy atom. The highest BCUT2D eigenvalue weighted by Gasteiger charge is 2.22. The molecule has 0 saturated carbocycles. The van der Waals surface area contributed by atoms with E-state index in [-0.39, 0.29) is 6.03 Å². The van der Waals surface area contributed by atoms with Crippen molar-refractivity contribution >= 4 is 6.03 Å². The summed E-state index contributed by atoms with van der Waals surface area (Å²) in [6.45, 7) is 2.82. The van der Waals surface area contributed by atoms with Crippen LogP contribution in [-0.4, -0.2) is 50.8 Å². The minimum Gasteiger partial charge on any atom is -0.497 e. The van der Waals surface area contributed by atoms with E-state index in [1.807, 2.05) is 6.07 Å². The molecule has 2 amide bonds. The van der Waals surface area contributed by atoms with Crippen LogP contribution in [0.15, 0.2) is 18.2 Å². The highest BCUT2D eigenvalue weighted by Crippen LogP contribution is 2.33. The lowest BCUT2D eigenvalue weighted by Gasteiger charge is -2.30. The first-order valence-electron chi connectivity index (χ1n) is 9.05. The molecule has 132 valence electrons. The monoisotopic (exact) mass is 331 g/mol. The molecule has 1 aromatic rings. The van der Waals surface area contributed by atoms with Crippen molar-refractivity contribution in [2.75, 3.05) is 33.8 Å².